The first-order valence-corrected chi connectivity index (χ1v) is 6.43. The van der Waals surface area contributed by atoms with Crippen molar-refractivity contribution < 1.29 is 4.79 Å². The van der Waals surface area contributed by atoms with E-state index in [-0.39, 0.29) is 11.9 Å². The first kappa shape index (κ1) is 15.0. The Hall–Kier alpha value is -2.06. The van der Waals surface area contributed by atoms with Crippen LogP contribution in [0.25, 0.3) is 0 Å². The summed E-state index contributed by atoms with van der Waals surface area (Å²) in [6.07, 6.45) is 1.93. The molecule has 0 bridgehead atoms. The maximum absolute atomic E-state index is 11.9. The highest BCUT2D eigenvalue weighted by Gasteiger charge is 2.24. The van der Waals surface area contributed by atoms with Gasteiger partial charge in [0.15, 0.2) is 0 Å². The molecular formula is C14H20N4O. The maximum Gasteiger partial charge on any atom is 0.256 e. The van der Waals surface area contributed by atoms with E-state index in [9.17, 15) is 4.79 Å². The van der Waals surface area contributed by atoms with Crippen molar-refractivity contribution in [3.63, 3.8) is 0 Å². The van der Waals surface area contributed by atoms with E-state index in [1.54, 1.807) is 0 Å². The van der Waals surface area contributed by atoms with Gasteiger partial charge in [0.1, 0.15) is 6.04 Å². The van der Waals surface area contributed by atoms with Crippen LogP contribution in [0.2, 0.25) is 0 Å². The number of hydrogen-bond donors (Lipinski definition) is 2. The molecule has 1 aromatic carbocycles. The van der Waals surface area contributed by atoms with E-state index in [1.807, 2.05) is 42.2 Å². The fraction of sp³-hybridized carbons (Fsp3) is 0.429. The van der Waals surface area contributed by atoms with Crippen LogP contribution in [0.3, 0.4) is 0 Å². The van der Waals surface area contributed by atoms with Gasteiger partial charge in [-0.1, -0.05) is 31.5 Å². The van der Waals surface area contributed by atoms with Crippen molar-refractivity contribution in [2.24, 2.45) is 5.84 Å². The fourth-order valence-corrected chi connectivity index (χ4v) is 2.05. The lowest BCUT2D eigenvalue weighted by Crippen LogP contribution is -2.49. The minimum Gasteiger partial charge on any atom is -0.358 e. The number of hydrogen-bond acceptors (Lipinski definition) is 4. The summed E-state index contributed by atoms with van der Waals surface area (Å²) < 4.78 is 0. The molecule has 0 aliphatic carbocycles. The van der Waals surface area contributed by atoms with Gasteiger partial charge in [-0.3, -0.25) is 10.2 Å². The zero-order valence-corrected chi connectivity index (χ0v) is 11.2. The Morgan fingerprint density at radius 3 is 2.68 bits per heavy atom. The standard InChI is InChI=1S/C14H20N4O/c1-2-7-13(14(19)17-16)18(11-6-10-15)12-8-4-3-5-9-12/h3-5,8-9,13H,2,6-7,11,16H2,1H3,(H,17,19). The third-order valence-corrected chi connectivity index (χ3v) is 2.94. The number of nitrogens with two attached hydrogens (primary N) is 1. The molecule has 5 nitrogen and oxygen atoms in total. The second-order valence-corrected chi connectivity index (χ2v) is 4.25. The second-order valence-electron chi connectivity index (χ2n) is 4.25. The van der Waals surface area contributed by atoms with Gasteiger partial charge >= 0.3 is 0 Å². The molecule has 5 heteroatoms. The van der Waals surface area contributed by atoms with Crippen molar-refractivity contribution in [1.82, 2.24) is 5.43 Å². The largest absolute Gasteiger partial charge is 0.358 e. The number of anilines is 1. The number of nitriles is 1. The predicted molar refractivity (Wildman–Crippen MR) is 75.0 cm³/mol. The molecule has 0 saturated carbocycles. The molecule has 102 valence electrons. The molecule has 1 atom stereocenters. The molecule has 0 heterocycles. The number of carbonyl (C=O) groups is 1. The van der Waals surface area contributed by atoms with Crippen LogP contribution in [0.5, 0.6) is 0 Å². The van der Waals surface area contributed by atoms with Crippen LogP contribution in [0, 0.1) is 11.3 Å². The Balaban J connectivity index is 2.99. The van der Waals surface area contributed by atoms with Gasteiger partial charge in [-0.15, -0.1) is 0 Å². The van der Waals surface area contributed by atoms with E-state index < -0.39 is 0 Å². The topological polar surface area (TPSA) is 82.2 Å². The van der Waals surface area contributed by atoms with Gasteiger partial charge in [0.05, 0.1) is 12.5 Å². The van der Waals surface area contributed by atoms with Crippen molar-refractivity contribution in [2.75, 3.05) is 11.4 Å². The number of amides is 1. The average molecular weight is 260 g/mol. The molecule has 19 heavy (non-hydrogen) atoms. The van der Waals surface area contributed by atoms with Crippen molar-refractivity contribution in [3.05, 3.63) is 30.3 Å². The number of para-hydroxylation sites is 1. The normalized spacial score (nSPS) is 11.4. The van der Waals surface area contributed by atoms with Gasteiger partial charge in [-0.05, 0) is 18.6 Å². The van der Waals surface area contributed by atoms with E-state index in [2.05, 4.69) is 11.5 Å². The maximum atomic E-state index is 11.9. The van der Waals surface area contributed by atoms with Gasteiger partial charge in [0.25, 0.3) is 5.91 Å². The Kier molecular flexibility index (Phi) is 6.41. The average Bonchev–Trinajstić information content (AvgIpc) is 2.46. The molecule has 0 aliphatic rings. The summed E-state index contributed by atoms with van der Waals surface area (Å²) in [5.41, 5.74) is 3.14. The highest BCUT2D eigenvalue weighted by molar-refractivity contribution is 5.84. The Morgan fingerprint density at radius 1 is 1.47 bits per heavy atom. The number of benzene rings is 1. The summed E-state index contributed by atoms with van der Waals surface area (Å²) in [5.74, 6) is 5.04. The number of hydrazine groups is 1. The molecule has 0 aromatic heterocycles. The van der Waals surface area contributed by atoms with Crippen molar-refractivity contribution >= 4 is 11.6 Å². The van der Waals surface area contributed by atoms with Gasteiger partial charge in [0.2, 0.25) is 0 Å². The summed E-state index contributed by atoms with van der Waals surface area (Å²) in [6, 6.07) is 11.4. The summed E-state index contributed by atoms with van der Waals surface area (Å²) in [5, 5.41) is 8.77. The van der Waals surface area contributed by atoms with Gasteiger partial charge in [-0.25, -0.2) is 5.84 Å². The molecule has 0 fully saturated rings. The minimum atomic E-state index is -0.342. The molecular weight excluding hydrogens is 240 g/mol. The minimum absolute atomic E-state index is 0.219. The Labute approximate surface area is 114 Å². The molecule has 0 spiro atoms. The van der Waals surface area contributed by atoms with Crippen LogP contribution >= 0.6 is 0 Å². The predicted octanol–water partition coefficient (Wildman–Crippen LogP) is 1.57. The SMILES string of the molecule is CCCC(C(=O)NN)N(CCC#N)c1ccccc1. The van der Waals surface area contributed by atoms with Crippen LogP contribution in [-0.4, -0.2) is 18.5 Å². The molecule has 0 radical (unpaired) electrons. The number of nitrogens with zero attached hydrogens (tertiary/aromatic N) is 2. The summed E-state index contributed by atoms with van der Waals surface area (Å²) in [4.78, 5) is 13.9. The molecule has 0 aliphatic heterocycles. The van der Waals surface area contributed by atoms with Crippen molar-refractivity contribution in [2.45, 2.75) is 32.2 Å². The lowest BCUT2D eigenvalue weighted by Gasteiger charge is -2.31. The van der Waals surface area contributed by atoms with Crippen LogP contribution in [0.1, 0.15) is 26.2 Å². The number of nitrogens with one attached hydrogen (secondary N) is 1. The monoisotopic (exact) mass is 260 g/mol. The van der Waals surface area contributed by atoms with E-state index in [0.717, 1.165) is 12.1 Å². The van der Waals surface area contributed by atoms with E-state index in [1.165, 1.54) is 0 Å². The van der Waals surface area contributed by atoms with E-state index in [0.29, 0.717) is 19.4 Å². The van der Waals surface area contributed by atoms with Crippen LogP contribution in [0.15, 0.2) is 30.3 Å². The first-order chi connectivity index (χ1) is 9.24. The molecule has 1 amide bonds. The van der Waals surface area contributed by atoms with Gasteiger partial charge in [0, 0.05) is 12.2 Å². The number of carbonyl (C=O) groups excluding carboxylic acids is 1. The lowest BCUT2D eigenvalue weighted by molar-refractivity contribution is -0.122. The quantitative estimate of drug-likeness (QED) is 0.443. The first-order valence-electron chi connectivity index (χ1n) is 6.43. The smallest absolute Gasteiger partial charge is 0.256 e. The zero-order chi connectivity index (χ0) is 14.1. The molecule has 3 N–H and O–H groups in total. The third kappa shape index (κ3) is 4.27. The third-order valence-electron chi connectivity index (χ3n) is 2.94. The van der Waals surface area contributed by atoms with Gasteiger partial charge in [-0.2, -0.15) is 5.26 Å². The fourth-order valence-electron chi connectivity index (χ4n) is 2.05. The highest BCUT2D eigenvalue weighted by atomic mass is 16.2. The van der Waals surface area contributed by atoms with E-state index >= 15 is 0 Å². The zero-order valence-electron chi connectivity index (χ0n) is 11.2. The molecule has 1 unspecified atom stereocenters. The lowest BCUT2D eigenvalue weighted by atomic mass is 10.1. The Morgan fingerprint density at radius 2 is 2.16 bits per heavy atom. The summed E-state index contributed by atoms with van der Waals surface area (Å²) >= 11 is 0. The van der Waals surface area contributed by atoms with Crippen LogP contribution in [0.4, 0.5) is 5.69 Å². The van der Waals surface area contributed by atoms with E-state index in [4.69, 9.17) is 11.1 Å². The van der Waals surface area contributed by atoms with Crippen LogP contribution < -0.4 is 16.2 Å². The highest BCUT2D eigenvalue weighted by Crippen LogP contribution is 2.19. The second kappa shape index (κ2) is 8.11. The molecule has 0 saturated heterocycles. The molecule has 1 rings (SSSR count). The summed E-state index contributed by atoms with van der Waals surface area (Å²) in [7, 11) is 0. The van der Waals surface area contributed by atoms with Crippen molar-refractivity contribution in [1.29, 1.82) is 5.26 Å². The molecule has 1 aromatic rings. The van der Waals surface area contributed by atoms with Crippen LogP contribution in [-0.2, 0) is 4.79 Å². The summed E-state index contributed by atoms with van der Waals surface area (Å²) in [6.45, 7) is 2.53. The van der Waals surface area contributed by atoms with Crippen molar-refractivity contribution in [3.8, 4) is 6.07 Å². The number of rotatable bonds is 7. The Bertz CT molecular complexity index is 427. The van der Waals surface area contributed by atoms with Gasteiger partial charge < -0.3 is 4.90 Å².